The van der Waals surface area contributed by atoms with Gasteiger partial charge in [0.15, 0.2) is 11.3 Å². The maximum Gasteiger partial charge on any atom is 0.272 e. The van der Waals surface area contributed by atoms with Gasteiger partial charge in [-0.2, -0.15) is 0 Å². The smallest absolute Gasteiger partial charge is 0.272 e. The lowest BCUT2D eigenvalue weighted by Crippen LogP contribution is -2.42. The van der Waals surface area contributed by atoms with Crippen molar-refractivity contribution in [3.8, 4) is 11.5 Å². The van der Waals surface area contributed by atoms with Crippen LogP contribution >= 0.6 is 0 Å². The number of fused-ring (bicyclic) bond motifs is 2. The van der Waals surface area contributed by atoms with Crippen LogP contribution in [0.25, 0.3) is 22.3 Å². The van der Waals surface area contributed by atoms with E-state index in [9.17, 15) is 9.59 Å². The zero-order chi connectivity index (χ0) is 52.1. The van der Waals surface area contributed by atoms with Crippen molar-refractivity contribution < 1.29 is 19.1 Å². The number of benzene rings is 2. The molecule has 75 heavy (non-hydrogen) atoms. The Bertz CT molecular complexity index is 2770. The first-order valence-electron chi connectivity index (χ1n) is 28.3. The molecule has 402 valence electrons. The summed E-state index contributed by atoms with van der Waals surface area (Å²) in [4.78, 5) is 56.8. The summed E-state index contributed by atoms with van der Waals surface area (Å²) >= 11 is 0. The number of carbonyl (C=O) groups is 2. The second-order valence-electron chi connectivity index (χ2n) is 21.6. The van der Waals surface area contributed by atoms with Gasteiger partial charge in [-0.25, -0.2) is 19.9 Å². The highest BCUT2D eigenvalue weighted by Crippen LogP contribution is 2.29. The van der Waals surface area contributed by atoms with Crippen LogP contribution in [-0.2, 0) is 13.1 Å². The first kappa shape index (κ1) is 53.6. The molecule has 2 N–H and O–H groups in total. The Balaban J connectivity index is 0.827. The van der Waals surface area contributed by atoms with E-state index >= 15 is 0 Å². The minimum absolute atomic E-state index is 0.00417. The van der Waals surface area contributed by atoms with Gasteiger partial charge in [-0.3, -0.25) is 18.7 Å². The SMILES string of the molecule is CCCCN(CCCC)C(=O)c1ccc2nc(Nc3ccc(OC)cc3)n(CCCN3CCCC(COc4ccc(Nc5nc6ccc(C(=O)N7CC(C)CC(C)C7)nc6n5CCCN5CCCCC5)cc4)C3)c2n1. The Morgan fingerprint density at radius 2 is 1.16 bits per heavy atom. The van der Waals surface area contributed by atoms with Crippen LogP contribution in [0.4, 0.5) is 23.3 Å². The van der Waals surface area contributed by atoms with Crippen LogP contribution in [0.5, 0.6) is 11.5 Å². The van der Waals surface area contributed by atoms with Crippen LogP contribution in [0.3, 0.4) is 0 Å². The number of likely N-dealkylation sites (tertiary alicyclic amines) is 3. The van der Waals surface area contributed by atoms with Gasteiger partial charge >= 0.3 is 0 Å². The van der Waals surface area contributed by atoms with E-state index in [1.165, 1.54) is 19.3 Å². The Morgan fingerprint density at radius 3 is 1.75 bits per heavy atom. The Kier molecular flexibility index (Phi) is 18.6. The number of hydrogen-bond donors (Lipinski definition) is 2. The summed E-state index contributed by atoms with van der Waals surface area (Å²) in [5.41, 5.74) is 5.75. The van der Waals surface area contributed by atoms with Crippen LogP contribution in [0.2, 0.25) is 0 Å². The molecule has 3 aliphatic rings. The lowest BCUT2D eigenvalue weighted by Gasteiger charge is -2.34. The molecule has 0 saturated carbocycles. The van der Waals surface area contributed by atoms with Crippen molar-refractivity contribution in [2.45, 2.75) is 118 Å². The molecule has 9 rings (SSSR count). The minimum Gasteiger partial charge on any atom is -0.497 e. The number of methoxy groups -OCH3 is 1. The van der Waals surface area contributed by atoms with Crippen molar-refractivity contribution in [2.75, 3.05) is 89.8 Å². The van der Waals surface area contributed by atoms with E-state index in [0.717, 1.165) is 175 Å². The van der Waals surface area contributed by atoms with Crippen LogP contribution in [0, 0.1) is 17.8 Å². The van der Waals surface area contributed by atoms with Crippen LogP contribution in [0.15, 0.2) is 72.8 Å². The molecule has 7 heterocycles. The monoisotopic (exact) mass is 1020 g/mol. The van der Waals surface area contributed by atoms with E-state index in [0.29, 0.717) is 53.9 Å². The summed E-state index contributed by atoms with van der Waals surface area (Å²) < 4.78 is 16.2. The van der Waals surface area contributed by atoms with E-state index in [1.54, 1.807) is 7.11 Å². The van der Waals surface area contributed by atoms with Gasteiger partial charge in [0, 0.05) is 63.1 Å². The molecule has 0 aliphatic carbocycles. The summed E-state index contributed by atoms with van der Waals surface area (Å²) in [6.07, 6.45) is 13.1. The molecular formula is C59H82N12O4. The molecule has 6 aromatic rings. The number of nitrogens with one attached hydrogen (secondary N) is 2. The third-order valence-corrected chi connectivity index (χ3v) is 15.3. The molecule has 0 spiro atoms. The predicted octanol–water partition coefficient (Wildman–Crippen LogP) is 10.9. The fourth-order valence-electron chi connectivity index (χ4n) is 11.4. The third kappa shape index (κ3) is 14.0. The molecule has 3 fully saturated rings. The number of aryl methyl sites for hydroxylation is 2. The third-order valence-electron chi connectivity index (χ3n) is 15.3. The van der Waals surface area contributed by atoms with Crippen molar-refractivity contribution >= 4 is 57.4 Å². The predicted molar refractivity (Wildman–Crippen MR) is 300 cm³/mol. The number of rotatable bonds is 24. The summed E-state index contributed by atoms with van der Waals surface area (Å²) in [5, 5.41) is 7.14. The normalized spacial score (nSPS) is 18.6. The number of nitrogens with zero attached hydrogens (tertiary/aromatic N) is 10. The van der Waals surface area contributed by atoms with Crippen molar-refractivity contribution in [1.29, 1.82) is 0 Å². The highest BCUT2D eigenvalue weighted by atomic mass is 16.5. The van der Waals surface area contributed by atoms with E-state index in [2.05, 4.69) is 69.4 Å². The van der Waals surface area contributed by atoms with Crippen LogP contribution in [0.1, 0.15) is 126 Å². The zero-order valence-electron chi connectivity index (χ0n) is 45.4. The Hall–Kier alpha value is -6.26. The number of hydrogen-bond acceptors (Lipinski definition) is 12. The maximum atomic E-state index is 13.9. The zero-order valence-corrected chi connectivity index (χ0v) is 45.4. The molecule has 0 radical (unpaired) electrons. The molecule has 4 aromatic heterocycles. The number of ether oxygens (including phenoxy) is 2. The Labute approximate surface area is 444 Å². The fraction of sp³-hybridized carbons (Fsp3) is 0.559. The Morgan fingerprint density at radius 1 is 0.613 bits per heavy atom. The molecule has 3 atom stereocenters. The first-order chi connectivity index (χ1) is 36.6. The van der Waals surface area contributed by atoms with E-state index in [4.69, 9.17) is 29.4 Å². The lowest BCUT2D eigenvalue weighted by atomic mass is 9.92. The lowest BCUT2D eigenvalue weighted by molar-refractivity contribution is 0.0617. The average Bonchev–Trinajstić information content (AvgIpc) is 3.96. The van der Waals surface area contributed by atoms with Gasteiger partial charge in [0.1, 0.15) is 33.9 Å². The fourth-order valence-corrected chi connectivity index (χ4v) is 11.4. The second kappa shape index (κ2) is 26.0. The number of amides is 2. The van der Waals surface area contributed by atoms with Gasteiger partial charge in [-0.05, 0) is 175 Å². The number of imidazole rings is 2. The molecule has 0 bridgehead atoms. The number of aromatic nitrogens is 6. The number of unbranched alkanes of at least 4 members (excludes halogenated alkanes) is 2. The largest absolute Gasteiger partial charge is 0.497 e. The molecular weight excluding hydrogens is 941 g/mol. The summed E-state index contributed by atoms with van der Waals surface area (Å²) in [6.45, 7) is 20.2. The molecule has 2 aromatic carbocycles. The highest BCUT2D eigenvalue weighted by molar-refractivity contribution is 5.95. The molecule has 16 heteroatoms. The molecule has 2 amide bonds. The second-order valence-corrected chi connectivity index (χ2v) is 21.6. The number of carbonyl (C=O) groups excluding carboxylic acids is 2. The van der Waals surface area contributed by atoms with Gasteiger partial charge in [-0.1, -0.05) is 47.0 Å². The summed E-state index contributed by atoms with van der Waals surface area (Å²) in [6, 6.07) is 23.6. The standard InChI is InChI=1S/C59H82N12O4/c1-6-8-34-68(35-9-7-2)56(72)52-27-25-50-54(62-52)71(58(64-50)60-46-17-21-48(74-5)22-18-46)37-15-33-67-31-13-16-45(41-67)42-75-49-23-19-47(20-24-49)61-59-65-51-26-28-53(57(73)69-39-43(3)38-44(4)40-69)63-55(51)70(59)36-14-32-66-29-11-10-12-30-66/h17-28,43-45H,6-16,29-42H2,1-5H3,(H,60,64)(H,61,65). The van der Waals surface area contributed by atoms with E-state index in [1.807, 2.05) is 70.5 Å². The first-order valence-corrected chi connectivity index (χ1v) is 28.3. The number of piperidine rings is 3. The average molecular weight is 1020 g/mol. The minimum atomic E-state index is -0.0178. The van der Waals surface area contributed by atoms with Crippen molar-refractivity contribution in [1.82, 2.24) is 48.7 Å². The van der Waals surface area contributed by atoms with Gasteiger partial charge in [0.2, 0.25) is 11.9 Å². The van der Waals surface area contributed by atoms with Crippen molar-refractivity contribution in [3.05, 3.63) is 84.2 Å². The van der Waals surface area contributed by atoms with Crippen molar-refractivity contribution in [2.24, 2.45) is 17.8 Å². The van der Waals surface area contributed by atoms with E-state index < -0.39 is 0 Å². The van der Waals surface area contributed by atoms with Gasteiger partial charge in [0.05, 0.1) is 13.7 Å². The van der Waals surface area contributed by atoms with Gasteiger partial charge in [-0.15, -0.1) is 0 Å². The maximum absolute atomic E-state index is 13.9. The number of pyridine rings is 2. The van der Waals surface area contributed by atoms with Crippen molar-refractivity contribution in [3.63, 3.8) is 0 Å². The van der Waals surface area contributed by atoms with Gasteiger partial charge in [0.25, 0.3) is 11.8 Å². The van der Waals surface area contributed by atoms with Crippen LogP contribution < -0.4 is 20.1 Å². The number of anilines is 4. The summed E-state index contributed by atoms with van der Waals surface area (Å²) in [5.74, 6) is 4.40. The molecule has 3 unspecified atom stereocenters. The van der Waals surface area contributed by atoms with Crippen LogP contribution in [-0.4, -0.2) is 140 Å². The quantitative estimate of drug-likeness (QED) is 0.0594. The molecule has 16 nitrogen and oxygen atoms in total. The van der Waals surface area contributed by atoms with E-state index in [-0.39, 0.29) is 11.8 Å². The highest BCUT2D eigenvalue weighted by Gasteiger charge is 2.28. The van der Waals surface area contributed by atoms with Gasteiger partial charge < -0.3 is 39.7 Å². The molecule has 3 aliphatic heterocycles. The topological polar surface area (TPSA) is 151 Å². The summed E-state index contributed by atoms with van der Waals surface area (Å²) in [7, 11) is 1.67. The molecule has 3 saturated heterocycles.